The fourth-order valence-electron chi connectivity index (χ4n) is 3.29. The second-order valence-electron chi connectivity index (χ2n) is 6.39. The minimum absolute atomic E-state index is 0.0618. The van der Waals surface area contributed by atoms with Crippen molar-refractivity contribution in [2.75, 3.05) is 0 Å². The second kappa shape index (κ2) is 9.67. The third-order valence-electron chi connectivity index (χ3n) is 4.61. The molecule has 31 heavy (non-hydrogen) atoms. The maximum atomic E-state index is 11.5. The van der Waals surface area contributed by atoms with Gasteiger partial charge < -0.3 is 4.74 Å². The van der Waals surface area contributed by atoms with Crippen molar-refractivity contribution in [3.63, 3.8) is 0 Å². The normalized spacial score (nSPS) is 12.7. The molecule has 0 aliphatic heterocycles. The summed E-state index contributed by atoms with van der Waals surface area (Å²) in [5.41, 5.74) is -3.01. The van der Waals surface area contributed by atoms with Gasteiger partial charge in [-0.15, -0.1) is 0 Å². The molecule has 0 fully saturated rings. The summed E-state index contributed by atoms with van der Waals surface area (Å²) in [5.74, 6) is 0. The molecule has 0 bridgehead atoms. The van der Waals surface area contributed by atoms with Crippen molar-refractivity contribution in [1.29, 1.82) is 0 Å². The highest BCUT2D eigenvalue weighted by molar-refractivity contribution is 5.59. The number of hydrogen-bond donors (Lipinski definition) is 0. The molecule has 0 radical (unpaired) electrons. The summed E-state index contributed by atoms with van der Waals surface area (Å²) >= 11 is 0. The largest absolute Gasteiger partial charge is 0.365 e. The predicted octanol–water partition coefficient (Wildman–Crippen LogP) is 4.94. The molecule has 0 N–H and O–H groups in total. The molecule has 2 rings (SSSR count). The third-order valence-corrected chi connectivity index (χ3v) is 4.61. The lowest BCUT2D eigenvalue weighted by Gasteiger charge is -2.23. The third kappa shape index (κ3) is 4.78. The zero-order valence-electron chi connectivity index (χ0n) is 16.5. The molecule has 2 aromatic rings. The van der Waals surface area contributed by atoms with Crippen LogP contribution in [0.15, 0.2) is 36.4 Å². The summed E-state index contributed by atoms with van der Waals surface area (Å²) in [6.45, 7) is 3.25. The summed E-state index contributed by atoms with van der Waals surface area (Å²) in [7, 11) is 0. The summed E-state index contributed by atoms with van der Waals surface area (Å²) in [6.07, 6.45) is -1.74. The molecule has 13 heteroatoms. The topological polar surface area (TPSA) is 182 Å². The first kappa shape index (κ1) is 23.3. The van der Waals surface area contributed by atoms with Gasteiger partial charge in [0.1, 0.15) is 0 Å². The van der Waals surface area contributed by atoms with Crippen LogP contribution in [-0.4, -0.2) is 19.7 Å². The molecule has 2 aromatic carbocycles. The van der Waals surface area contributed by atoms with Crippen molar-refractivity contribution < 1.29 is 24.4 Å². The van der Waals surface area contributed by atoms with Gasteiger partial charge in [-0.1, -0.05) is 26.0 Å². The van der Waals surface area contributed by atoms with Crippen LogP contribution in [0.3, 0.4) is 0 Å². The fraction of sp³-hybridized carbons (Fsp3) is 0.333. The molecule has 0 amide bonds. The summed E-state index contributed by atoms with van der Waals surface area (Å²) in [6, 6.07) is 7.18. The van der Waals surface area contributed by atoms with Crippen LogP contribution in [0, 0.1) is 40.5 Å². The van der Waals surface area contributed by atoms with E-state index in [1.807, 2.05) is 0 Å². The maximum Gasteiger partial charge on any atom is 0.351 e. The Labute approximate surface area is 174 Å². The monoisotopic (exact) mass is 434 g/mol. The molecular formula is C18H18N4O9. The summed E-state index contributed by atoms with van der Waals surface area (Å²) < 4.78 is 5.92. The highest BCUT2D eigenvalue weighted by Crippen LogP contribution is 2.42. The van der Waals surface area contributed by atoms with Gasteiger partial charge >= 0.3 is 22.7 Å². The molecule has 0 saturated carbocycles. The van der Waals surface area contributed by atoms with Gasteiger partial charge in [0.2, 0.25) is 0 Å². The van der Waals surface area contributed by atoms with Crippen LogP contribution in [0.25, 0.3) is 0 Å². The standard InChI is InChI=1S/C18H18N4O9/c1-3-15(11-7-5-9-13(19(23)24)17(11)21(27)28)31-16(4-2)12-8-6-10-14(20(25)26)18(12)22(29)30/h5-10,15-16H,3-4H2,1-2H3. The Morgan fingerprint density at radius 3 is 1.29 bits per heavy atom. The lowest BCUT2D eigenvalue weighted by Crippen LogP contribution is -2.14. The van der Waals surface area contributed by atoms with Gasteiger partial charge in [0.05, 0.1) is 43.0 Å². The maximum absolute atomic E-state index is 11.5. The molecule has 0 heterocycles. The minimum Gasteiger partial charge on any atom is -0.365 e. The first-order chi connectivity index (χ1) is 14.6. The number of para-hydroxylation sites is 2. The van der Waals surface area contributed by atoms with Crippen molar-refractivity contribution in [2.45, 2.75) is 38.9 Å². The molecule has 0 spiro atoms. The average Bonchev–Trinajstić information content (AvgIpc) is 2.73. The summed E-state index contributed by atoms with van der Waals surface area (Å²) in [5, 5.41) is 45.5. The molecule has 2 atom stereocenters. The van der Waals surface area contributed by atoms with Gasteiger partial charge in [0, 0.05) is 12.1 Å². The number of nitrogens with zero attached hydrogens (tertiary/aromatic N) is 4. The van der Waals surface area contributed by atoms with Gasteiger partial charge in [0.15, 0.2) is 0 Å². The van der Waals surface area contributed by atoms with Crippen LogP contribution in [-0.2, 0) is 4.74 Å². The first-order valence-corrected chi connectivity index (χ1v) is 9.12. The molecule has 0 saturated heterocycles. The van der Waals surface area contributed by atoms with Crippen molar-refractivity contribution in [2.24, 2.45) is 0 Å². The van der Waals surface area contributed by atoms with E-state index in [1.165, 1.54) is 24.3 Å². The Hall–Kier alpha value is -4.00. The van der Waals surface area contributed by atoms with Crippen LogP contribution in [0.5, 0.6) is 0 Å². The number of rotatable bonds is 10. The SMILES string of the molecule is CCC(OC(CC)c1cccc([N+](=O)[O-])c1[N+](=O)[O-])c1cccc([N+](=O)[O-])c1[N+](=O)[O-]. The Morgan fingerprint density at radius 1 is 0.677 bits per heavy atom. The van der Waals surface area contributed by atoms with E-state index in [9.17, 15) is 40.5 Å². The zero-order chi connectivity index (χ0) is 23.3. The molecule has 164 valence electrons. The van der Waals surface area contributed by atoms with Crippen molar-refractivity contribution in [3.05, 3.63) is 88.0 Å². The van der Waals surface area contributed by atoms with E-state index >= 15 is 0 Å². The number of hydrogen-bond acceptors (Lipinski definition) is 9. The Balaban J connectivity index is 2.59. The van der Waals surface area contributed by atoms with Crippen LogP contribution >= 0.6 is 0 Å². The van der Waals surface area contributed by atoms with E-state index in [-0.39, 0.29) is 24.0 Å². The molecular weight excluding hydrogens is 416 g/mol. The quantitative estimate of drug-likeness (QED) is 0.369. The second-order valence-corrected chi connectivity index (χ2v) is 6.39. The van der Waals surface area contributed by atoms with E-state index in [0.29, 0.717) is 0 Å². The minimum atomic E-state index is -1.02. The van der Waals surface area contributed by atoms with Crippen LogP contribution in [0.4, 0.5) is 22.7 Å². The zero-order valence-corrected chi connectivity index (χ0v) is 16.5. The van der Waals surface area contributed by atoms with Gasteiger partial charge in [-0.25, -0.2) is 0 Å². The van der Waals surface area contributed by atoms with Crippen LogP contribution in [0.1, 0.15) is 50.0 Å². The summed E-state index contributed by atoms with van der Waals surface area (Å²) in [4.78, 5) is 42.0. The van der Waals surface area contributed by atoms with Gasteiger partial charge in [-0.05, 0) is 25.0 Å². The molecule has 2 unspecified atom stereocenters. The van der Waals surface area contributed by atoms with E-state index in [1.54, 1.807) is 13.8 Å². The van der Waals surface area contributed by atoms with Gasteiger partial charge in [0.25, 0.3) is 0 Å². The van der Waals surface area contributed by atoms with E-state index in [2.05, 4.69) is 0 Å². The van der Waals surface area contributed by atoms with Gasteiger partial charge in [-0.2, -0.15) is 0 Å². The van der Waals surface area contributed by atoms with E-state index in [0.717, 1.165) is 12.1 Å². The molecule has 13 nitrogen and oxygen atoms in total. The number of benzene rings is 2. The number of nitro benzene ring substituents is 4. The predicted molar refractivity (Wildman–Crippen MR) is 107 cm³/mol. The Bertz CT molecular complexity index is 959. The number of nitro groups is 4. The molecule has 0 aromatic heterocycles. The smallest absolute Gasteiger partial charge is 0.351 e. The van der Waals surface area contributed by atoms with E-state index in [4.69, 9.17) is 4.74 Å². The highest BCUT2D eigenvalue weighted by atomic mass is 16.6. The van der Waals surface area contributed by atoms with Crippen LogP contribution in [0.2, 0.25) is 0 Å². The van der Waals surface area contributed by atoms with Crippen LogP contribution < -0.4 is 0 Å². The van der Waals surface area contributed by atoms with Crippen molar-refractivity contribution in [3.8, 4) is 0 Å². The average molecular weight is 434 g/mol. The van der Waals surface area contributed by atoms with Gasteiger partial charge in [-0.3, -0.25) is 40.5 Å². The van der Waals surface area contributed by atoms with E-state index < -0.39 is 54.7 Å². The lowest BCUT2D eigenvalue weighted by atomic mass is 10.0. The van der Waals surface area contributed by atoms with Crippen molar-refractivity contribution >= 4 is 22.7 Å². The Morgan fingerprint density at radius 2 is 1.03 bits per heavy atom. The first-order valence-electron chi connectivity index (χ1n) is 9.12. The number of ether oxygens (including phenoxy) is 1. The molecule has 0 aliphatic carbocycles. The fourth-order valence-corrected chi connectivity index (χ4v) is 3.29. The molecule has 0 aliphatic rings. The lowest BCUT2D eigenvalue weighted by molar-refractivity contribution is -0.423. The Kier molecular flexibility index (Phi) is 7.26. The van der Waals surface area contributed by atoms with Crippen molar-refractivity contribution in [1.82, 2.24) is 0 Å². The highest BCUT2D eigenvalue weighted by Gasteiger charge is 2.36.